The molecule has 24 heavy (non-hydrogen) atoms. The fourth-order valence-electron chi connectivity index (χ4n) is 2.35. The molecule has 1 amide bonds. The van der Waals surface area contributed by atoms with Crippen LogP contribution in [0.5, 0.6) is 0 Å². The molecule has 4 nitrogen and oxygen atoms in total. The van der Waals surface area contributed by atoms with E-state index in [9.17, 15) is 18.0 Å². The number of rotatable bonds is 3. The van der Waals surface area contributed by atoms with Gasteiger partial charge in [0.2, 0.25) is 0 Å². The van der Waals surface area contributed by atoms with Crippen molar-refractivity contribution in [2.45, 2.75) is 33.0 Å². The number of halogens is 3. The minimum absolute atomic E-state index is 0.306. The summed E-state index contributed by atoms with van der Waals surface area (Å²) in [6, 6.07) is 4.56. The number of alkyl halides is 3. The number of hydrogen-bond donors (Lipinski definition) is 1. The highest BCUT2D eigenvalue weighted by molar-refractivity contribution is 5.93. The van der Waals surface area contributed by atoms with Crippen LogP contribution in [0.15, 0.2) is 30.5 Å². The summed E-state index contributed by atoms with van der Waals surface area (Å²) in [5.74, 6) is 4.46. The van der Waals surface area contributed by atoms with Crippen LogP contribution in [-0.4, -0.2) is 15.7 Å². The molecule has 0 spiro atoms. The average molecular weight is 335 g/mol. The van der Waals surface area contributed by atoms with E-state index in [-0.39, 0.29) is 6.04 Å². The quantitative estimate of drug-likeness (QED) is 0.874. The third-order valence-corrected chi connectivity index (χ3v) is 3.52. The monoisotopic (exact) mass is 335 g/mol. The molecule has 2 rings (SSSR count). The number of nitrogens with zero attached hydrogens (tertiary/aromatic N) is 2. The van der Waals surface area contributed by atoms with Crippen LogP contribution < -0.4 is 5.32 Å². The molecule has 0 saturated heterocycles. The Labute approximate surface area is 137 Å². The Morgan fingerprint density at radius 3 is 2.71 bits per heavy atom. The summed E-state index contributed by atoms with van der Waals surface area (Å²) in [4.78, 5) is 11.5. The van der Waals surface area contributed by atoms with Crippen LogP contribution in [0, 0.1) is 18.8 Å². The maximum Gasteiger partial charge on any atom is 0.416 e. The highest BCUT2D eigenvalue weighted by atomic mass is 19.4. The second-order valence-electron chi connectivity index (χ2n) is 5.22. The van der Waals surface area contributed by atoms with Crippen molar-refractivity contribution in [2.75, 3.05) is 0 Å². The fraction of sp³-hybridized carbons (Fsp3) is 0.294. The van der Waals surface area contributed by atoms with Crippen LogP contribution in [0.4, 0.5) is 13.2 Å². The lowest BCUT2D eigenvalue weighted by atomic mass is 10.1. The van der Waals surface area contributed by atoms with Crippen molar-refractivity contribution in [3.05, 3.63) is 47.3 Å². The lowest BCUT2D eigenvalue weighted by Crippen LogP contribution is -2.25. The highest BCUT2D eigenvalue weighted by Gasteiger charge is 2.30. The summed E-state index contributed by atoms with van der Waals surface area (Å²) in [5, 5.41) is 6.84. The topological polar surface area (TPSA) is 46.9 Å². The molecular weight excluding hydrogens is 319 g/mol. The number of nitrogens with one attached hydrogen (secondary N) is 1. The third-order valence-electron chi connectivity index (χ3n) is 3.52. The SMILES string of the molecule is CC#CC(=O)NC(C)c1cnn(-c2cccc(C(F)(F)F)c2)c1C. The van der Waals surface area contributed by atoms with E-state index in [4.69, 9.17) is 0 Å². The lowest BCUT2D eigenvalue weighted by Gasteiger charge is -2.13. The molecule has 0 bridgehead atoms. The minimum atomic E-state index is -4.42. The van der Waals surface area contributed by atoms with Gasteiger partial charge in [-0.25, -0.2) is 4.68 Å². The number of benzene rings is 1. The highest BCUT2D eigenvalue weighted by Crippen LogP contribution is 2.30. The smallest absolute Gasteiger partial charge is 0.339 e. The Morgan fingerprint density at radius 2 is 2.08 bits per heavy atom. The zero-order valence-electron chi connectivity index (χ0n) is 13.4. The predicted molar refractivity (Wildman–Crippen MR) is 83.3 cm³/mol. The molecular formula is C17H16F3N3O. The number of amides is 1. The minimum Gasteiger partial charge on any atom is -0.339 e. The van der Waals surface area contributed by atoms with E-state index in [1.54, 1.807) is 26.8 Å². The second kappa shape index (κ2) is 6.79. The molecule has 1 heterocycles. The maximum absolute atomic E-state index is 12.8. The van der Waals surface area contributed by atoms with Gasteiger partial charge in [-0.3, -0.25) is 4.79 Å². The Morgan fingerprint density at radius 1 is 1.38 bits per heavy atom. The molecule has 7 heteroatoms. The van der Waals surface area contributed by atoms with Gasteiger partial charge in [-0.2, -0.15) is 18.3 Å². The van der Waals surface area contributed by atoms with Gasteiger partial charge >= 0.3 is 6.18 Å². The lowest BCUT2D eigenvalue weighted by molar-refractivity contribution is -0.137. The van der Waals surface area contributed by atoms with Crippen LogP contribution in [0.3, 0.4) is 0 Å². The molecule has 1 aromatic carbocycles. The molecule has 1 atom stereocenters. The normalized spacial score (nSPS) is 12.2. The van der Waals surface area contributed by atoms with Gasteiger partial charge in [-0.1, -0.05) is 12.0 Å². The van der Waals surface area contributed by atoms with Crippen LogP contribution >= 0.6 is 0 Å². The zero-order valence-corrected chi connectivity index (χ0v) is 13.4. The zero-order chi connectivity index (χ0) is 17.9. The molecule has 0 aliphatic rings. The summed E-state index contributed by atoms with van der Waals surface area (Å²) in [6.45, 7) is 5.05. The first kappa shape index (κ1) is 17.6. The Hall–Kier alpha value is -2.75. The fourth-order valence-corrected chi connectivity index (χ4v) is 2.35. The first-order chi connectivity index (χ1) is 11.2. The molecule has 0 saturated carbocycles. The van der Waals surface area contributed by atoms with Gasteiger partial charge in [0.05, 0.1) is 23.5 Å². The van der Waals surface area contributed by atoms with Crippen molar-refractivity contribution in [1.29, 1.82) is 0 Å². The van der Waals surface area contributed by atoms with Crippen molar-refractivity contribution >= 4 is 5.91 Å². The molecule has 0 aliphatic heterocycles. The summed E-state index contributed by atoms with van der Waals surface area (Å²) in [7, 11) is 0. The van der Waals surface area contributed by atoms with Gasteiger partial charge < -0.3 is 5.32 Å². The van der Waals surface area contributed by atoms with Gasteiger partial charge in [0, 0.05) is 11.3 Å². The first-order valence-electron chi connectivity index (χ1n) is 7.19. The standard InChI is InChI=1S/C17H16F3N3O/c1-4-6-16(24)22-11(2)15-10-21-23(12(15)3)14-8-5-7-13(9-14)17(18,19)20/h5,7-11H,1-3H3,(H,22,24). The number of aromatic nitrogens is 2. The van der Waals surface area contributed by atoms with Crippen molar-refractivity contribution in [2.24, 2.45) is 0 Å². The van der Waals surface area contributed by atoms with E-state index < -0.39 is 17.6 Å². The Bertz CT molecular complexity index is 812. The summed E-state index contributed by atoms with van der Waals surface area (Å²) < 4.78 is 39.9. The van der Waals surface area contributed by atoms with Crippen LogP contribution in [0.2, 0.25) is 0 Å². The Kier molecular flexibility index (Phi) is 4.98. The van der Waals surface area contributed by atoms with Gasteiger partial charge in [-0.15, -0.1) is 0 Å². The molecule has 0 aliphatic carbocycles. The van der Waals surface area contributed by atoms with Gasteiger partial charge in [0.15, 0.2) is 0 Å². The molecule has 126 valence electrons. The molecule has 1 unspecified atom stereocenters. The Balaban J connectivity index is 2.33. The van der Waals surface area contributed by atoms with E-state index >= 15 is 0 Å². The van der Waals surface area contributed by atoms with Crippen LogP contribution in [0.25, 0.3) is 5.69 Å². The van der Waals surface area contributed by atoms with Crippen molar-refractivity contribution in [1.82, 2.24) is 15.1 Å². The number of carbonyl (C=O) groups excluding carboxylic acids is 1. The molecule has 2 aromatic rings. The summed E-state index contributed by atoms with van der Waals surface area (Å²) in [6.07, 6.45) is -2.89. The van der Waals surface area contributed by atoms with E-state index in [0.29, 0.717) is 16.9 Å². The van der Waals surface area contributed by atoms with E-state index in [1.165, 1.54) is 16.9 Å². The number of hydrogen-bond acceptors (Lipinski definition) is 2. The average Bonchev–Trinajstić information content (AvgIpc) is 2.88. The van der Waals surface area contributed by atoms with Gasteiger partial charge in [-0.05, 0) is 44.9 Å². The van der Waals surface area contributed by atoms with Crippen molar-refractivity contribution < 1.29 is 18.0 Å². The van der Waals surface area contributed by atoms with E-state index in [0.717, 1.165) is 12.1 Å². The molecule has 1 aromatic heterocycles. The molecule has 0 fully saturated rings. The van der Waals surface area contributed by atoms with Crippen molar-refractivity contribution in [3.63, 3.8) is 0 Å². The van der Waals surface area contributed by atoms with Gasteiger partial charge in [0.1, 0.15) is 0 Å². The first-order valence-corrected chi connectivity index (χ1v) is 7.19. The van der Waals surface area contributed by atoms with Crippen LogP contribution in [-0.2, 0) is 11.0 Å². The third kappa shape index (κ3) is 3.77. The van der Waals surface area contributed by atoms with E-state index in [2.05, 4.69) is 22.3 Å². The summed E-state index contributed by atoms with van der Waals surface area (Å²) in [5.41, 5.74) is 0.918. The maximum atomic E-state index is 12.8. The number of carbonyl (C=O) groups is 1. The van der Waals surface area contributed by atoms with E-state index in [1.807, 2.05) is 0 Å². The van der Waals surface area contributed by atoms with Gasteiger partial charge in [0.25, 0.3) is 5.91 Å². The molecule has 0 radical (unpaired) electrons. The van der Waals surface area contributed by atoms with Crippen LogP contribution in [0.1, 0.15) is 36.7 Å². The predicted octanol–water partition coefficient (Wildman–Crippen LogP) is 3.40. The second-order valence-corrected chi connectivity index (χ2v) is 5.22. The molecule has 1 N–H and O–H groups in total. The largest absolute Gasteiger partial charge is 0.416 e. The summed E-state index contributed by atoms with van der Waals surface area (Å²) >= 11 is 0. The van der Waals surface area contributed by atoms with Crippen molar-refractivity contribution in [3.8, 4) is 17.5 Å².